The second-order valence-corrected chi connectivity index (χ2v) is 6.46. The van der Waals surface area contributed by atoms with Crippen LogP contribution in [0.2, 0.25) is 0 Å². The minimum Gasteiger partial charge on any atom is -0.481 e. The van der Waals surface area contributed by atoms with Crippen LogP contribution in [0.1, 0.15) is 96.8 Å². The zero-order valence-electron chi connectivity index (χ0n) is 15.1. The summed E-state index contributed by atoms with van der Waals surface area (Å²) in [7, 11) is 0. The summed E-state index contributed by atoms with van der Waals surface area (Å²) < 4.78 is 0. The van der Waals surface area contributed by atoms with E-state index in [4.69, 9.17) is 5.11 Å². The fourth-order valence-electron chi connectivity index (χ4n) is 2.64. The minimum atomic E-state index is -0.977. The topological polar surface area (TPSA) is 83.5 Å². The van der Waals surface area contributed by atoms with Crippen molar-refractivity contribution in [2.45, 2.75) is 103 Å². The van der Waals surface area contributed by atoms with E-state index in [1.807, 2.05) is 0 Å². The van der Waals surface area contributed by atoms with Crippen LogP contribution in [-0.4, -0.2) is 29.3 Å². The molecule has 0 aromatic rings. The molecule has 0 aromatic heterocycles. The van der Waals surface area contributed by atoms with Crippen molar-refractivity contribution in [1.29, 1.82) is 0 Å². The lowest BCUT2D eigenvalue weighted by Gasteiger charge is -2.10. The third-order valence-corrected chi connectivity index (χ3v) is 4.13. The van der Waals surface area contributed by atoms with E-state index < -0.39 is 12.0 Å². The number of carboxylic acids is 1. The largest absolute Gasteiger partial charge is 0.481 e. The minimum absolute atomic E-state index is 0.100. The highest BCUT2D eigenvalue weighted by atomic mass is 16.4. The molecule has 0 saturated carbocycles. The molecule has 1 amide bonds. The van der Waals surface area contributed by atoms with Crippen LogP contribution in [0.4, 0.5) is 0 Å². The smallest absolute Gasteiger partial charge is 0.303 e. The number of carbonyl (C=O) groups excluding carboxylic acids is 2. The molecule has 139 valence electrons. The van der Waals surface area contributed by atoms with Crippen LogP contribution in [0.5, 0.6) is 0 Å². The summed E-state index contributed by atoms with van der Waals surface area (Å²) in [6.07, 6.45) is 15.5. The molecule has 1 atom stereocenters. The molecule has 1 radical (unpaired) electrons. The number of amides is 1. The molecular formula is C19H34NO4. The van der Waals surface area contributed by atoms with Crippen LogP contribution >= 0.6 is 0 Å². The molecule has 24 heavy (non-hydrogen) atoms. The maximum atomic E-state index is 11.7. The summed E-state index contributed by atoms with van der Waals surface area (Å²) in [5.74, 6) is -1.17. The van der Waals surface area contributed by atoms with Gasteiger partial charge in [0.1, 0.15) is 0 Å². The van der Waals surface area contributed by atoms with Crippen molar-refractivity contribution in [3.63, 3.8) is 0 Å². The van der Waals surface area contributed by atoms with Gasteiger partial charge in [-0.05, 0) is 12.8 Å². The maximum Gasteiger partial charge on any atom is 0.303 e. The van der Waals surface area contributed by atoms with Gasteiger partial charge < -0.3 is 10.4 Å². The Balaban J connectivity index is 3.45. The molecule has 0 aliphatic carbocycles. The summed E-state index contributed by atoms with van der Waals surface area (Å²) >= 11 is 0. The summed E-state index contributed by atoms with van der Waals surface area (Å²) in [5.41, 5.74) is 0. The maximum absolute atomic E-state index is 11.7. The first-order chi connectivity index (χ1) is 11.6. The molecule has 0 fully saturated rings. The van der Waals surface area contributed by atoms with Crippen LogP contribution in [0.15, 0.2) is 0 Å². The summed E-state index contributed by atoms with van der Waals surface area (Å²) in [5, 5.41) is 11.1. The van der Waals surface area contributed by atoms with Gasteiger partial charge in [0.15, 0.2) is 0 Å². The number of nitrogens with one attached hydrogen (secondary N) is 1. The van der Waals surface area contributed by atoms with Crippen molar-refractivity contribution in [2.24, 2.45) is 0 Å². The Kier molecular flexibility index (Phi) is 15.5. The van der Waals surface area contributed by atoms with Gasteiger partial charge in [0.25, 0.3) is 0 Å². The van der Waals surface area contributed by atoms with Crippen LogP contribution in [0.3, 0.4) is 0 Å². The normalized spacial score (nSPS) is 11.9. The predicted octanol–water partition coefficient (Wildman–Crippen LogP) is 4.15. The lowest BCUT2D eigenvalue weighted by atomic mass is 10.1. The van der Waals surface area contributed by atoms with E-state index in [0.717, 1.165) is 19.3 Å². The third kappa shape index (κ3) is 15.5. The number of aliphatic carboxylic acids is 1. The SMILES string of the molecule is CCCCCCCCCCCCCC(=O)N[C@H]([C]=O)CCC(=O)O. The van der Waals surface area contributed by atoms with Gasteiger partial charge in [0.2, 0.25) is 12.2 Å². The molecule has 0 unspecified atom stereocenters. The van der Waals surface area contributed by atoms with Gasteiger partial charge in [-0.25, -0.2) is 0 Å². The zero-order valence-corrected chi connectivity index (χ0v) is 15.1. The Hall–Kier alpha value is -1.39. The Morgan fingerprint density at radius 3 is 1.83 bits per heavy atom. The Morgan fingerprint density at radius 1 is 0.875 bits per heavy atom. The molecule has 0 aliphatic rings. The highest BCUT2D eigenvalue weighted by Gasteiger charge is 2.13. The quantitative estimate of drug-likeness (QED) is 0.390. The van der Waals surface area contributed by atoms with E-state index >= 15 is 0 Å². The number of hydrogen-bond donors (Lipinski definition) is 2. The van der Waals surface area contributed by atoms with Crippen molar-refractivity contribution in [3.8, 4) is 0 Å². The number of carboxylic acid groups (broad SMARTS) is 1. The molecule has 0 aromatic carbocycles. The lowest BCUT2D eigenvalue weighted by molar-refractivity contribution is -0.137. The molecule has 2 N–H and O–H groups in total. The van der Waals surface area contributed by atoms with Gasteiger partial charge in [-0.1, -0.05) is 71.1 Å². The number of carbonyl (C=O) groups is 2. The third-order valence-electron chi connectivity index (χ3n) is 4.13. The monoisotopic (exact) mass is 340 g/mol. The molecule has 0 spiro atoms. The van der Waals surface area contributed by atoms with Gasteiger partial charge in [-0.3, -0.25) is 14.4 Å². The van der Waals surface area contributed by atoms with E-state index in [0.29, 0.717) is 6.42 Å². The zero-order chi connectivity index (χ0) is 18.0. The fourth-order valence-corrected chi connectivity index (χ4v) is 2.64. The van der Waals surface area contributed by atoms with Crippen molar-refractivity contribution in [2.75, 3.05) is 0 Å². The fraction of sp³-hybridized carbons (Fsp3) is 0.842. The van der Waals surface area contributed by atoms with Gasteiger partial charge >= 0.3 is 5.97 Å². The first-order valence-electron chi connectivity index (χ1n) is 9.49. The Morgan fingerprint density at radius 2 is 1.38 bits per heavy atom. The highest BCUT2D eigenvalue weighted by Crippen LogP contribution is 2.12. The van der Waals surface area contributed by atoms with E-state index in [9.17, 15) is 14.4 Å². The van der Waals surface area contributed by atoms with Crippen LogP contribution < -0.4 is 5.32 Å². The van der Waals surface area contributed by atoms with E-state index in [-0.39, 0.29) is 18.7 Å². The molecule has 5 heteroatoms. The average molecular weight is 340 g/mol. The van der Waals surface area contributed by atoms with Crippen molar-refractivity contribution in [3.05, 3.63) is 0 Å². The van der Waals surface area contributed by atoms with Crippen molar-refractivity contribution < 1.29 is 19.5 Å². The van der Waals surface area contributed by atoms with Gasteiger partial charge in [0, 0.05) is 12.8 Å². The molecule has 5 nitrogen and oxygen atoms in total. The second kappa shape index (κ2) is 16.5. The van der Waals surface area contributed by atoms with Gasteiger partial charge in [-0.15, -0.1) is 0 Å². The summed E-state index contributed by atoms with van der Waals surface area (Å²) in [4.78, 5) is 32.8. The van der Waals surface area contributed by atoms with E-state index in [1.165, 1.54) is 51.4 Å². The molecule has 0 saturated heterocycles. The van der Waals surface area contributed by atoms with Crippen LogP contribution in [0.25, 0.3) is 0 Å². The summed E-state index contributed by atoms with van der Waals surface area (Å²) in [6.45, 7) is 2.23. The predicted molar refractivity (Wildman–Crippen MR) is 95.6 cm³/mol. The Labute approximate surface area is 146 Å². The lowest BCUT2D eigenvalue weighted by Crippen LogP contribution is -2.36. The van der Waals surface area contributed by atoms with Gasteiger partial charge in [0.05, 0.1) is 6.04 Å². The molecule has 0 aliphatic heterocycles. The molecule has 0 rings (SSSR count). The number of unbranched alkanes of at least 4 members (excludes halogenated alkanes) is 10. The first kappa shape index (κ1) is 22.6. The van der Waals surface area contributed by atoms with Crippen molar-refractivity contribution >= 4 is 18.2 Å². The number of hydrogen-bond acceptors (Lipinski definition) is 3. The molecule has 0 heterocycles. The standard InChI is InChI=1S/C19H34NO4/c1-2-3-4-5-6-7-8-9-10-11-12-13-18(22)20-17(16-21)14-15-19(23)24/h17H,2-15H2,1H3,(H,20,22)(H,23,24)/t17-/m0/s1. The van der Waals surface area contributed by atoms with Crippen molar-refractivity contribution in [1.82, 2.24) is 5.32 Å². The first-order valence-corrected chi connectivity index (χ1v) is 9.49. The molecular weight excluding hydrogens is 306 g/mol. The average Bonchev–Trinajstić information content (AvgIpc) is 2.56. The van der Waals surface area contributed by atoms with E-state index in [2.05, 4.69) is 12.2 Å². The number of rotatable bonds is 17. The second-order valence-electron chi connectivity index (χ2n) is 6.46. The Bertz CT molecular complexity index is 344. The molecule has 0 bridgehead atoms. The highest BCUT2D eigenvalue weighted by molar-refractivity contribution is 5.80. The van der Waals surface area contributed by atoms with Crippen LogP contribution in [-0.2, 0) is 14.4 Å². The van der Waals surface area contributed by atoms with Gasteiger partial charge in [-0.2, -0.15) is 0 Å². The summed E-state index contributed by atoms with van der Waals surface area (Å²) in [6, 6.07) is -0.804. The van der Waals surface area contributed by atoms with E-state index in [1.54, 1.807) is 6.29 Å². The van der Waals surface area contributed by atoms with Crippen LogP contribution in [0, 0.1) is 0 Å².